The number of thiazole rings is 1. The summed E-state index contributed by atoms with van der Waals surface area (Å²) >= 11 is 1.46. The van der Waals surface area contributed by atoms with Gasteiger partial charge in [-0.3, -0.25) is 14.7 Å². The summed E-state index contributed by atoms with van der Waals surface area (Å²) in [6.45, 7) is 1.90. The van der Waals surface area contributed by atoms with Crippen molar-refractivity contribution in [3.05, 3.63) is 17.8 Å². The number of anilines is 1. The summed E-state index contributed by atoms with van der Waals surface area (Å²) in [6, 6.07) is 0.0183. The van der Waals surface area contributed by atoms with Crippen molar-refractivity contribution in [2.75, 3.05) is 5.32 Å². The first-order chi connectivity index (χ1) is 10.1. The fourth-order valence-corrected chi connectivity index (χ4v) is 3.10. The molecule has 1 aliphatic rings. The third-order valence-electron chi connectivity index (χ3n) is 3.39. The third kappa shape index (κ3) is 2.94. The maximum atomic E-state index is 12.3. The Morgan fingerprint density at radius 2 is 2.38 bits per heavy atom. The van der Waals surface area contributed by atoms with Gasteiger partial charge in [0.05, 0.1) is 11.9 Å². The molecule has 21 heavy (non-hydrogen) atoms. The molecule has 2 unspecified atom stereocenters. The van der Waals surface area contributed by atoms with Gasteiger partial charge in [0, 0.05) is 30.0 Å². The van der Waals surface area contributed by atoms with Gasteiger partial charge in [0.15, 0.2) is 0 Å². The van der Waals surface area contributed by atoms with Crippen LogP contribution in [0.2, 0.25) is 0 Å². The van der Waals surface area contributed by atoms with Crippen LogP contribution >= 0.6 is 11.3 Å². The zero-order chi connectivity index (χ0) is 14.8. The van der Waals surface area contributed by atoms with Crippen molar-refractivity contribution in [3.8, 4) is 10.7 Å². The number of aromatic nitrogens is 3. The van der Waals surface area contributed by atoms with E-state index in [1.54, 1.807) is 12.4 Å². The van der Waals surface area contributed by atoms with Gasteiger partial charge >= 0.3 is 0 Å². The lowest BCUT2D eigenvalue weighted by Crippen LogP contribution is -2.44. The molecular weight excluding hydrogens is 290 g/mol. The molecule has 0 bridgehead atoms. The summed E-state index contributed by atoms with van der Waals surface area (Å²) < 4.78 is 0. The highest BCUT2D eigenvalue weighted by Crippen LogP contribution is 2.28. The number of amides is 2. The largest absolute Gasteiger partial charge is 0.354 e. The maximum absolute atomic E-state index is 12.3. The number of carbonyl (C=O) groups is 2. The summed E-state index contributed by atoms with van der Waals surface area (Å²) in [7, 11) is 0. The van der Waals surface area contributed by atoms with Gasteiger partial charge in [0.1, 0.15) is 10.7 Å². The van der Waals surface area contributed by atoms with Crippen LogP contribution in [0.3, 0.4) is 0 Å². The van der Waals surface area contributed by atoms with E-state index in [2.05, 4.69) is 25.8 Å². The van der Waals surface area contributed by atoms with Crippen LogP contribution in [0.1, 0.15) is 19.8 Å². The van der Waals surface area contributed by atoms with Crippen molar-refractivity contribution in [2.45, 2.75) is 25.8 Å². The Kier molecular flexibility index (Phi) is 3.70. The lowest BCUT2D eigenvalue weighted by Gasteiger charge is -2.26. The average molecular weight is 305 g/mol. The van der Waals surface area contributed by atoms with E-state index < -0.39 is 0 Å². The molecular formula is C13H15N5O2S. The van der Waals surface area contributed by atoms with E-state index in [9.17, 15) is 9.59 Å². The van der Waals surface area contributed by atoms with Gasteiger partial charge in [-0.05, 0) is 13.3 Å². The number of carbonyl (C=O) groups excluding carboxylic acids is 2. The maximum Gasteiger partial charge on any atom is 0.228 e. The van der Waals surface area contributed by atoms with E-state index in [4.69, 9.17) is 0 Å². The average Bonchev–Trinajstić information content (AvgIpc) is 3.07. The quantitative estimate of drug-likeness (QED) is 0.797. The molecule has 0 spiro atoms. The summed E-state index contributed by atoms with van der Waals surface area (Å²) in [5, 5.41) is 15.1. The van der Waals surface area contributed by atoms with Crippen LogP contribution < -0.4 is 10.6 Å². The van der Waals surface area contributed by atoms with Crippen LogP contribution in [-0.4, -0.2) is 33.0 Å². The molecule has 1 saturated heterocycles. The minimum absolute atomic E-state index is 0.0183. The summed E-state index contributed by atoms with van der Waals surface area (Å²) in [4.78, 5) is 28.1. The van der Waals surface area contributed by atoms with Crippen molar-refractivity contribution < 1.29 is 9.59 Å². The second kappa shape index (κ2) is 5.65. The Morgan fingerprint density at radius 3 is 3.10 bits per heavy atom. The van der Waals surface area contributed by atoms with E-state index in [0.29, 0.717) is 17.8 Å². The first-order valence-electron chi connectivity index (χ1n) is 6.67. The normalized spacial score (nSPS) is 21.9. The van der Waals surface area contributed by atoms with Gasteiger partial charge in [-0.2, -0.15) is 5.10 Å². The Hall–Kier alpha value is -2.22. The topological polar surface area (TPSA) is 99.8 Å². The Bertz CT molecular complexity index is 651. The molecule has 110 valence electrons. The molecule has 0 aliphatic carbocycles. The smallest absolute Gasteiger partial charge is 0.228 e. The molecule has 3 heterocycles. The minimum Gasteiger partial charge on any atom is -0.354 e. The van der Waals surface area contributed by atoms with Crippen molar-refractivity contribution in [3.63, 3.8) is 0 Å². The number of H-pyrrole nitrogens is 1. The van der Waals surface area contributed by atoms with Crippen molar-refractivity contribution in [2.24, 2.45) is 5.92 Å². The summed E-state index contributed by atoms with van der Waals surface area (Å²) in [5.74, 6) is -0.551. The molecule has 2 atom stereocenters. The monoisotopic (exact) mass is 305 g/mol. The molecule has 2 aromatic heterocycles. The van der Waals surface area contributed by atoms with E-state index in [1.807, 2.05) is 12.3 Å². The molecule has 0 saturated carbocycles. The van der Waals surface area contributed by atoms with E-state index in [-0.39, 0.29) is 30.2 Å². The molecule has 1 aliphatic heterocycles. The number of hydrogen-bond donors (Lipinski definition) is 3. The third-order valence-corrected chi connectivity index (χ3v) is 4.18. The van der Waals surface area contributed by atoms with Gasteiger partial charge in [0.25, 0.3) is 0 Å². The van der Waals surface area contributed by atoms with Gasteiger partial charge in [-0.15, -0.1) is 11.3 Å². The number of rotatable bonds is 3. The first-order valence-corrected chi connectivity index (χ1v) is 7.55. The molecule has 3 N–H and O–H groups in total. The van der Waals surface area contributed by atoms with Crippen LogP contribution in [0.25, 0.3) is 10.7 Å². The standard InChI is InChI=1S/C13H15N5O2S/c1-7-4-8(5-10(19)16-7)12(20)17-9-6-15-18-11(9)13-14-2-3-21-13/h2-3,6-8H,4-5H2,1H3,(H,15,18)(H,16,19)(H,17,20). The van der Waals surface area contributed by atoms with Gasteiger partial charge in [-0.25, -0.2) is 4.98 Å². The highest BCUT2D eigenvalue weighted by atomic mass is 32.1. The number of hydrogen-bond acceptors (Lipinski definition) is 5. The molecule has 1 fully saturated rings. The Morgan fingerprint density at radius 1 is 1.52 bits per heavy atom. The highest BCUT2D eigenvalue weighted by molar-refractivity contribution is 7.13. The van der Waals surface area contributed by atoms with Crippen molar-refractivity contribution >= 4 is 28.8 Å². The van der Waals surface area contributed by atoms with Crippen LogP contribution in [0.5, 0.6) is 0 Å². The SMILES string of the molecule is CC1CC(C(=O)Nc2cn[nH]c2-c2nccs2)CC(=O)N1. The lowest BCUT2D eigenvalue weighted by atomic mass is 9.92. The lowest BCUT2D eigenvalue weighted by molar-refractivity contribution is -0.130. The van der Waals surface area contributed by atoms with Gasteiger partial charge < -0.3 is 10.6 Å². The molecule has 3 rings (SSSR count). The van der Waals surface area contributed by atoms with E-state index in [0.717, 1.165) is 5.01 Å². The van der Waals surface area contributed by atoms with Crippen molar-refractivity contribution in [1.29, 1.82) is 0 Å². The predicted molar refractivity (Wildman–Crippen MR) is 78.7 cm³/mol. The fourth-order valence-electron chi connectivity index (χ4n) is 2.45. The predicted octanol–water partition coefficient (Wildman–Crippen LogP) is 1.39. The number of nitrogens with one attached hydrogen (secondary N) is 3. The molecule has 0 radical (unpaired) electrons. The van der Waals surface area contributed by atoms with Crippen molar-refractivity contribution in [1.82, 2.24) is 20.5 Å². The zero-order valence-electron chi connectivity index (χ0n) is 11.4. The van der Waals surface area contributed by atoms with Crippen LogP contribution in [-0.2, 0) is 9.59 Å². The van der Waals surface area contributed by atoms with E-state index in [1.165, 1.54) is 11.3 Å². The Labute approximate surface area is 125 Å². The van der Waals surface area contributed by atoms with Crippen LogP contribution in [0.4, 0.5) is 5.69 Å². The number of nitrogens with zero attached hydrogens (tertiary/aromatic N) is 2. The summed E-state index contributed by atoms with van der Waals surface area (Å²) in [5.41, 5.74) is 1.28. The minimum atomic E-state index is -0.312. The number of piperidine rings is 1. The molecule has 0 aromatic carbocycles. The van der Waals surface area contributed by atoms with Gasteiger partial charge in [-0.1, -0.05) is 0 Å². The Balaban J connectivity index is 1.74. The first kappa shape index (κ1) is 13.7. The second-order valence-electron chi connectivity index (χ2n) is 5.09. The molecule has 8 heteroatoms. The zero-order valence-corrected chi connectivity index (χ0v) is 12.2. The highest BCUT2D eigenvalue weighted by Gasteiger charge is 2.30. The van der Waals surface area contributed by atoms with Crippen LogP contribution in [0.15, 0.2) is 17.8 Å². The second-order valence-corrected chi connectivity index (χ2v) is 5.99. The molecule has 7 nitrogen and oxygen atoms in total. The molecule has 2 aromatic rings. The molecule has 2 amide bonds. The van der Waals surface area contributed by atoms with Crippen LogP contribution in [0, 0.1) is 5.92 Å². The number of aromatic amines is 1. The van der Waals surface area contributed by atoms with Gasteiger partial charge in [0.2, 0.25) is 11.8 Å². The fraction of sp³-hybridized carbons (Fsp3) is 0.385. The van der Waals surface area contributed by atoms with E-state index >= 15 is 0 Å². The summed E-state index contributed by atoms with van der Waals surface area (Å²) in [6.07, 6.45) is 4.11.